The van der Waals surface area contributed by atoms with Crippen molar-refractivity contribution < 1.29 is 13.5 Å². The molecule has 0 spiro atoms. The van der Waals surface area contributed by atoms with Crippen LogP contribution in [0.15, 0.2) is 16.6 Å². The molecular formula is C7H8ClN3O3S2. The number of rotatable bonds is 4. The lowest BCUT2D eigenvalue weighted by atomic mass is 10.8. The maximum atomic E-state index is 11.8. The lowest BCUT2D eigenvalue weighted by Gasteiger charge is -2.03. The minimum Gasteiger partial charge on any atom is -0.395 e. The van der Waals surface area contributed by atoms with E-state index in [4.69, 9.17) is 16.7 Å². The number of aromatic nitrogens is 2. The quantitative estimate of drug-likeness (QED) is 0.845. The molecule has 2 heterocycles. The fourth-order valence-electron chi connectivity index (χ4n) is 1.23. The zero-order valence-corrected chi connectivity index (χ0v) is 10.3. The van der Waals surface area contributed by atoms with Crippen LogP contribution >= 0.6 is 22.9 Å². The van der Waals surface area contributed by atoms with E-state index in [1.54, 1.807) is 11.6 Å². The van der Waals surface area contributed by atoms with E-state index in [0.717, 1.165) is 0 Å². The second kappa shape index (κ2) is 4.30. The van der Waals surface area contributed by atoms with E-state index in [0.29, 0.717) is 4.96 Å². The van der Waals surface area contributed by atoms with Gasteiger partial charge in [-0.05, 0) is 0 Å². The summed E-state index contributed by atoms with van der Waals surface area (Å²) >= 11 is 7.05. The summed E-state index contributed by atoms with van der Waals surface area (Å²) in [6, 6.07) is 0. The number of hydrogen-bond donors (Lipinski definition) is 2. The van der Waals surface area contributed by atoms with Crippen LogP contribution in [0.2, 0.25) is 5.15 Å². The molecule has 0 unspecified atom stereocenters. The molecule has 2 rings (SSSR count). The second-order valence-corrected chi connectivity index (χ2v) is 5.80. The highest BCUT2D eigenvalue weighted by Crippen LogP contribution is 2.24. The Hall–Kier alpha value is -0.670. The van der Waals surface area contributed by atoms with Gasteiger partial charge in [0.1, 0.15) is 0 Å². The molecule has 0 saturated heterocycles. The average molecular weight is 282 g/mol. The van der Waals surface area contributed by atoms with Gasteiger partial charge in [-0.2, -0.15) is 0 Å². The number of sulfonamides is 1. The molecule has 0 bridgehead atoms. The summed E-state index contributed by atoms with van der Waals surface area (Å²) in [5.41, 5.74) is 0. The summed E-state index contributed by atoms with van der Waals surface area (Å²) < 4.78 is 27.3. The van der Waals surface area contributed by atoms with E-state index < -0.39 is 10.0 Å². The summed E-state index contributed by atoms with van der Waals surface area (Å²) in [4.78, 5) is 4.42. The number of hydrogen-bond acceptors (Lipinski definition) is 5. The zero-order valence-electron chi connectivity index (χ0n) is 7.92. The summed E-state index contributed by atoms with van der Waals surface area (Å²) in [6.45, 7) is -0.335. The molecule has 0 aromatic carbocycles. The molecule has 0 amide bonds. The molecule has 0 aliphatic carbocycles. The predicted molar refractivity (Wildman–Crippen MR) is 60.4 cm³/mol. The van der Waals surface area contributed by atoms with Crippen LogP contribution in [-0.2, 0) is 10.0 Å². The monoisotopic (exact) mass is 281 g/mol. The fraction of sp³-hybridized carbons (Fsp3) is 0.286. The third-order valence-corrected chi connectivity index (χ3v) is 4.45. The van der Waals surface area contributed by atoms with Crippen molar-refractivity contribution in [1.29, 1.82) is 0 Å². The number of nitrogens with one attached hydrogen (secondary N) is 1. The van der Waals surface area contributed by atoms with Crippen LogP contribution in [0.3, 0.4) is 0 Å². The summed E-state index contributed by atoms with van der Waals surface area (Å²) in [7, 11) is -3.74. The normalized spacial score (nSPS) is 12.4. The van der Waals surface area contributed by atoms with Crippen molar-refractivity contribution >= 4 is 37.9 Å². The lowest BCUT2D eigenvalue weighted by Crippen LogP contribution is -2.27. The summed E-state index contributed by atoms with van der Waals surface area (Å²) in [5, 5.41) is 10.1. The summed E-state index contributed by atoms with van der Waals surface area (Å²) in [5.74, 6) is 0. The molecule has 0 saturated carbocycles. The molecule has 2 N–H and O–H groups in total. The highest BCUT2D eigenvalue weighted by Gasteiger charge is 2.24. The van der Waals surface area contributed by atoms with Gasteiger partial charge in [-0.3, -0.25) is 4.40 Å². The zero-order chi connectivity index (χ0) is 11.8. The number of halogens is 1. The van der Waals surface area contributed by atoms with Gasteiger partial charge in [0, 0.05) is 18.1 Å². The van der Waals surface area contributed by atoms with Crippen LogP contribution < -0.4 is 4.72 Å². The molecule has 88 valence electrons. The van der Waals surface area contributed by atoms with Crippen LogP contribution in [0, 0.1) is 0 Å². The lowest BCUT2D eigenvalue weighted by molar-refractivity contribution is 0.301. The van der Waals surface area contributed by atoms with Gasteiger partial charge in [-0.25, -0.2) is 18.1 Å². The van der Waals surface area contributed by atoms with Gasteiger partial charge in [0.05, 0.1) is 6.61 Å². The van der Waals surface area contributed by atoms with Crippen molar-refractivity contribution in [3.63, 3.8) is 0 Å². The van der Waals surface area contributed by atoms with Gasteiger partial charge in [-0.1, -0.05) is 11.6 Å². The molecule has 2 aromatic heterocycles. The number of aliphatic hydroxyl groups excluding tert-OH is 1. The first-order valence-electron chi connectivity index (χ1n) is 4.28. The van der Waals surface area contributed by atoms with Gasteiger partial charge < -0.3 is 5.11 Å². The summed E-state index contributed by atoms with van der Waals surface area (Å²) in [6.07, 6.45) is 1.58. The van der Waals surface area contributed by atoms with Crippen LogP contribution in [0.25, 0.3) is 4.96 Å². The number of imidazole rings is 1. The molecule has 0 aliphatic heterocycles. The molecule has 0 fully saturated rings. The van der Waals surface area contributed by atoms with E-state index in [1.807, 2.05) is 0 Å². The highest BCUT2D eigenvalue weighted by atomic mass is 35.5. The Kier molecular flexibility index (Phi) is 3.17. The third kappa shape index (κ3) is 1.94. The third-order valence-electron chi connectivity index (χ3n) is 1.84. The van der Waals surface area contributed by atoms with Gasteiger partial charge in [0.15, 0.2) is 15.1 Å². The van der Waals surface area contributed by atoms with E-state index in [9.17, 15) is 8.42 Å². The first-order chi connectivity index (χ1) is 7.56. The number of nitrogens with zero attached hydrogens (tertiary/aromatic N) is 2. The number of aliphatic hydroxyl groups is 1. The standard InChI is InChI=1S/C7H8ClN3O3S2/c8-5-6(16(13,14)9-1-3-12)11-2-4-15-7(11)10-5/h2,4,9,12H,1,3H2. The maximum absolute atomic E-state index is 11.8. The Balaban J connectivity index is 2.53. The van der Waals surface area contributed by atoms with Crippen LogP contribution in [-0.4, -0.2) is 36.1 Å². The van der Waals surface area contributed by atoms with Crippen molar-refractivity contribution in [2.75, 3.05) is 13.2 Å². The average Bonchev–Trinajstić information content (AvgIpc) is 2.73. The van der Waals surface area contributed by atoms with Crippen molar-refractivity contribution in [3.05, 3.63) is 16.7 Å². The molecular weight excluding hydrogens is 274 g/mol. The van der Waals surface area contributed by atoms with E-state index in [1.165, 1.54) is 15.7 Å². The molecule has 16 heavy (non-hydrogen) atoms. The molecule has 0 atom stereocenters. The minimum atomic E-state index is -3.74. The van der Waals surface area contributed by atoms with Gasteiger partial charge in [0.25, 0.3) is 10.0 Å². The molecule has 2 aromatic rings. The Morgan fingerprint density at radius 2 is 2.38 bits per heavy atom. The van der Waals surface area contributed by atoms with Crippen LogP contribution in [0.5, 0.6) is 0 Å². The van der Waals surface area contributed by atoms with Gasteiger partial charge in [-0.15, -0.1) is 11.3 Å². The smallest absolute Gasteiger partial charge is 0.259 e. The second-order valence-electron chi connectivity index (χ2n) is 2.88. The molecule has 0 aliphatic rings. The Labute approximate surface area is 101 Å². The number of fused-ring (bicyclic) bond motifs is 1. The van der Waals surface area contributed by atoms with Crippen molar-refractivity contribution in [1.82, 2.24) is 14.1 Å². The van der Waals surface area contributed by atoms with E-state index in [-0.39, 0.29) is 23.3 Å². The molecule has 6 nitrogen and oxygen atoms in total. The van der Waals surface area contributed by atoms with Gasteiger partial charge in [0.2, 0.25) is 0 Å². The predicted octanol–water partition coefficient (Wildman–Crippen LogP) is 0.320. The topological polar surface area (TPSA) is 83.7 Å². The fourth-order valence-corrected chi connectivity index (χ4v) is 3.70. The first kappa shape index (κ1) is 11.8. The van der Waals surface area contributed by atoms with Gasteiger partial charge >= 0.3 is 0 Å². The van der Waals surface area contributed by atoms with Crippen molar-refractivity contribution in [2.45, 2.75) is 5.03 Å². The Morgan fingerprint density at radius 1 is 1.62 bits per heavy atom. The highest BCUT2D eigenvalue weighted by molar-refractivity contribution is 7.89. The van der Waals surface area contributed by atoms with E-state index >= 15 is 0 Å². The number of thiazole rings is 1. The van der Waals surface area contributed by atoms with Crippen molar-refractivity contribution in [2.24, 2.45) is 0 Å². The first-order valence-corrected chi connectivity index (χ1v) is 7.02. The Bertz CT molecular complexity index is 603. The Morgan fingerprint density at radius 3 is 3.06 bits per heavy atom. The maximum Gasteiger partial charge on any atom is 0.259 e. The van der Waals surface area contributed by atoms with Crippen LogP contribution in [0.1, 0.15) is 0 Å². The van der Waals surface area contributed by atoms with E-state index in [2.05, 4.69) is 9.71 Å². The SMILES string of the molecule is O=S(=O)(NCCO)c1c(Cl)nc2sccn12. The minimum absolute atomic E-state index is 0.0595. The molecule has 9 heteroatoms. The van der Waals surface area contributed by atoms with Crippen LogP contribution in [0.4, 0.5) is 0 Å². The van der Waals surface area contributed by atoms with Crippen molar-refractivity contribution in [3.8, 4) is 0 Å². The molecule has 0 radical (unpaired) electrons. The largest absolute Gasteiger partial charge is 0.395 e.